The van der Waals surface area contributed by atoms with Crippen LogP contribution in [0.1, 0.15) is 21.7 Å². The molecule has 1 aromatic carbocycles. The monoisotopic (exact) mass is 240 g/mol. The first-order chi connectivity index (χ1) is 8.69. The third-order valence-electron chi connectivity index (χ3n) is 2.91. The largest absolute Gasteiger partial charge is 0.296 e. The van der Waals surface area contributed by atoms with Gasteiger partial charge in [0.05, 0.1) is 5.69 Å². The number of carbonyl (C=O) groups excluding carboxylic acids is 1. The number of fused-ring (bicyclic) bond motifs is 1. The minimum Gasteiger partial charge on any atom is -0.296 e. The predicted molar refractivity (Wildman–Crippen MR) is 67.6 cm³/mol. The van der Waals surface area contributed by atoms with Gasteiger partial charge in [0.25, 0.3) is 5.78 Å². The summed E-state index contributed by atoms with van der Waals surface area (Å²) in [6.45, 7) is 3.82. The first kappa shape index (κ1) is 10.7. The number of nitrogens with zero attached hydrogens (tertiary/aromatic N) is 3. The van der Waals surface area contributed by atoms with Crippen LogP contribution in [0.25, 0.3) is 17.2 Å². The van der Waals surface area contributed by atoms with Crippen LogP contribution in [0.2, 0.25) is 0 Å². The summed E-state index contributed by atoms with van der Waals surface area (Å²) < 4.78 is 1.61. The van der Waals surface area contributed by atoms with E-state index in [9.17, 15) is 4.79 Å². The van der Waals surface area contributed by atoms with Crippen LogP contribution in [0.15, 0.2) is 24.3 Å². The van der Waals surface area contributed by atoms with E-state index in [0.29, 0.717) is 23.0 Å². The van der Waals surface area contributed by atoms with Gasteiger partial charge in [-0.25, -0.2) is 9.50 Å². The van der Waals surface area contributed by atoms with E-state index >= 15 is 0 Å². The Hall–Kier alpha value is -2.43. The fourth-order valence-electron chi connectivity index (χ4n) is 2.00. The van der Waals surface area contributed by atoms with Crippen molar-refractivity contribution in [3.8, 4) is 11.4 Å². The van der Waals surface area contributed by atoms with E-state index in [2.05, 4.69) is 15.1 Å². The Labute approximate surface area is 103 Å². The van der Waals surface area contributed by atoms with Gasteiger partial charge in [-0.15, -0.1) is 0 Å². The molecule has 0 aliphatic rings. The summed E-state index contributed by atoms with van der Waals surface area (Å²) in [6, 6.07) is 8.00. The van der Waals surface area contributed by atoms with Crippen molar-refractivity contribution in [1.29, 1.82) is 0 Å². The van der Waals surface area contributed by atoms with Gasteiger partial charge in [0.2, 0.25) is 0 Å². The van der Waals surface area contributed by atoms with Crippen molar-refractivity contribution in [1.82, 2.24) is 19.6 Å². The van der Waals surface area contributed by atoms with Crippen LogP contribution in [-0.4, -0.2) is 25.9 Å². The van der Waals surface area contributed by atoms with Gasteiger partial charge < -0.3 is 0 Å². The zero-order valence-electron chi connectivity index (χ0n) is 10.1. The number of carbonyl (C=O) groups is 1. The number of aldehydes is 1. The maximum Gasteiger partial charge on any atom is 0.251 e. The van der Waals surface area contributed by atoms with Crippen LogP contribution in [0.3, 0.4) is 0 Å². The lowest BCUT2D eigenvalue weighted by atomic mass is 10.1. The van der Waals surface area contributed by atoms with E-state index in [1.165, 1.54) is 0 Å². The molecule has 0 fully saturated rings. The normalized spacial score (nSPS) is 11.0. The number of rotatable bonds is 2. The molecule has 2 aromatic heterocycles. The maximum absolute atomic E-state index is 11.0. The van der Waals surface area contributed by atoms with E-state index in [-0.39, 0.29) is 0 Å². The lowest BCUT2D eigenvalue weighted by Crippen LogP contribution is -1.93. The van der Waals surface area contributed by atoms with E-state index in [1.807, 2.05) is 31.2 Å². The van der Waals surface area contributed by atoms with Gasteiger partial charge in [-0.1, -0.05) is 23.8 Å². The molecule has 0 radical (unpaired) electrons. The molecule has 1 N–H and O–H groups in total. The number of H-pyrrole nitrogens is 1. The van der Waals surface area contributed by atoms with E-state index in [1.54, 1.807) is 11.4 Å². The van der Waals surface area contributed by atoms with Crippen molar-refractivity contribution in [2.75, 3.05) is 0 Å². The molecule has 3 rings (SSSR count). The van der Waals surface area contributed by atoms with Gasteiger partial charge in [-0.2, -0.15) is 4.98 Å². The third-order valence-corrected chi connectivity index (χ3v) is 2.91. The van der Waals surface area contributed by atoms with Crippen LogP contribution >= 0.6 is 0 Å². The number of aromatic nitrogens is 4. The molecule has 3 aromatic rings. The van der Waals surface area contributed by atoms with Crippen molar-refractivity contribution >= 4 is 12.1 Å². The highest BCUT2D eigenvalue weighted by Crippen LogP contribution is 2.18. The number of aryl methyl sites for hydroxylation is 2. The molecule has 0 bridgehead atoms. The van der Waals surface area contributed by atoms with Crippen LogP contribution < -0.4 is 0 Å². The summed E-state index contributed by atoms with van der Waals surface area (Å²) >= 11 is 0. The van der Waals surface area contributed by atoms with Crippen molar-refractivity contribution in [3.63, 3.8) is 0 Å². The highest BCUT2D eigenvalue weighted by atomic mass is 16.1. The lowest BCUT2D eigenvalue weighted by Gasteiger charge is -1.97. The van der Waals surface area contributed by atoms with Crippen molar-refractivity contribution in [2.24, 2.45) is 0 Å². The molecule has 0 aliphatic heterocycles. The average molecular weight is 240 g/mol. The molecule has 0 saturated heterocycles. The minimum absolute atomic E-state index is 0.511. The van der Waals surface area contributed by atoms with E-state index in [0.717, 1.165) is 17.4 Å². The molecule has 5 nitrogen and oxygen atoms in total. The van der Waals surface area contributed by atoms with Crippen LogP contribution in [0, 0.1) is 13.8 Å². The Bertz CT molecular complexity index is 739. The molecular weight excluding hydrogens is 228 g/mol. The van der Waals surface area contributed by atoms with Crippen LogP contribution in [0.4, 0.5) is 0 Å². The lowest BCUT2D eigenvalue weighted by molar-refractivity contribution is 0.111. The fourth-order valence-corrected chi connectivity index (χ4v) is 2.00. The topological polar surface area (TPSA) is 63.1 Å². The number of benzene rings is 1. The molecule has 18 heavy (non-hydrogen) atoms. The summed E-state index contributed by atoms with van der Waals surface area (Å²) in [4.78, 5) is 19.6. The molecule has 90 valence electrons. The van der Waals surface area contributed by atoms with E-state index in [4.69, 9.17) is 0 Å². The summed E-state index contributed by atoms with van der Waals surface area (Å²) in [6.07, 6.45) is 0.785. The van der Waals surface area contributed by atoms with Gasteiger partial charge >= 0.3 is 0 Å². The van der Waals surface area contributed by atoms with Crippen LogP contribution in [-0.2, 0) is 0 Å². The number of hydrogen-bond acceptors (Lipinski definition) is 3. The first-order valence-corrected chi connectivity index (χ1v) is 5.66. The van der Waals surface area contributed by atoms with E-state index < -0.39 is 0 Å². The summed E-state index contributed by atoms with van der Waals surface area (Å²) in [7, 11) is 0. The molecule has 5 heteroatoms. The molecule has 0 aliphatic carbocycles. The van der Waals surface area contributed by atoms with Gasteiger partial charge in [-0.3, -0.25) is 9.89 Å². The van der Waals surface area contributed by atoms with Crippen molar-refractivity contribution in [2.45, 2.75) is 13.8 Å². The quantitative estimate of drug-likeness (QED) is 0.698. The molecule has 0 atom stereocenters. The Morgan fingerprint density at radius 2 is 2.11 bits per heavy atom. The molecule has 0 spiro atoms. The number of nitrogens with one attached hydrogen (secondary N) is 1. The summed E-state index contributed by atoms with van der Waals surface area (Å²) in [5.74, 6) is 1.23. The van der Waals surface area contributed by atoms with Gasteiger partial charge in [0.1, 0.15) is 5.69 Å². The second kappa shape index (κ2) is 3.80. The molecule has 0 unspecified atom stereocenters. The highest BCUT2D eigenvalue weighted by Gasteiger charge is 2.13. The highest BCUT2D eigenvalue weighted by molar-refractivity contribution is 5.76. The smallest absolute Gasteiger partial charge is 0.251 e. The third kappa shape index (κ3) is 1.52. The molecule has 0 amide bonds. The molecule has 0 saturated carbocycles. The minimum atomic E-state index is 0.511. The number of hydrogen-bond donors (Lipinski definition) is 1. The Morgan fingerprint density at radius 1 is 1.28 bits per heavy atom. The van der Waals surface area contributed by atoms with Gasteiger partial charge in [-0.05, 0) is 19.9 Å². The SMILES string of the molecule is Cc1cccc(-c2nc3nc(C)c(C=O)n3[nH]2)c1. The van der Waals surface area contributed by atoms with Crippen molar-refractivity contribution in [3.05, 3.63) is 41.2 Å². The second-order valence-corrected chi connectivity index (χ2v) is 4.28. The predicted octanol–water partition coefficient (Wildman–Crippen LogP) is 2.15. The molecule has 2 heterocycles. The van der Waals surface area contributed by atoms with Crippen molar-refractivity contribution < 1.29 is 4.79 Å². The zero-order valence-corrected chi connectivity index (χ0v) is 10.1. The number of imidazole rings is 1. The second-order valence-electron chi connectivity index (χ2n) is 4.28. The maximum atomic E-state index is 11.0. The van der Waals surface area contributed by atoms with Crippen LogP contribution in [0.5, 0.6) is 0 Å². The Morgan fingerprint density at radius 3 is 2.83 bits per heavy atom. The first-order valence-electron chi connectivity index (χ1n) is 5.66. The van der Waals surface area contributed by atoms with Gasteiger partial charge in [0.15, 0.2) is 12.1 Å². The van der Waals surface area contributed by atoms with Gasteiger partial charge in [0, 0.05) is 5.56 Å². The molecular formula is C13H12N4O. The summed E-state index contributed by atoms with van der Waals surface area (Å²) in [5.41, 5.74) is 3.33. The zero-order chi connectivity index (χ0) is 12.7. The summed E-state index contributed by atoms with van der Waals surface area (Å²) in [5, 5.41) is 3.09. The standard InChI is InChI=1S/C13H12N4O/c1-8-4-3-5-10(6-8)12-15-13-14-9(2)11(7-18)17(13)16-12/h3-7H,1-2H3,(H,14,15,16). The Balaban J connectivity index is 2.20. The number of aromatic amines is 1. The average Bonchev–Trinajstić information content (AvgIpc) is 2.85. The fraction of sp³-hybridized carbons (Fsp3) is 0.154. The Kier molecular flexibility index (Phi) is 2.26.